The Hall–Kier alpha value is -3.61. The highest BCUT2D eigenvalue weighted by molar-refractivity contribution is 6.16. The number of Topliss-reactive ketones (excluding diaryl/α,β-unsaturated/α-hetero) is 1. The minimum absolute atomic E-state index is 0.0374. The number of aliphatic hydroxyl groups is 1. The van der Waals surface area contributed by atoms with Gasteiger partial charge in [-0.05, 0) is 41.8 Å². The number of nitrogens with zero attached hydrogens (tertiary/aromatic N) is 1. The predicted octanol–water partition coefficient (Wildman–Crippen LogP) is 4.00. The third kappa shape index (κ3) is 4.30. The number of carbonyl (C=O) groups is 3. The smallest absolute Gasteiger partial charge is 0.337 e. The number of rotatable bonds is 7. The molecule has 0 saturated carbocycles. The lowest BCUT2D eigenvalue weighted by molar-refractivity contribution is -0.118. The van der Waals surface area contributed by atoms with Crippen molar-refractivity contribution in [1.82, 2.24) is 0 Å². The van der Waals surface area contributed by atoms with Crippen LogP contribution in [0, 0.1) is 5.92 Å². The van der Waals surface area contributed by atoms with Gasteiger partial charge in [0.25, 0.3) is 5.91 Å². The molecule has 0 aromatic heterocycles. The van der Waals surface area contributed by atoms with E-state index in [-0.39, 0.29) is 29.3 Å². The molecule has 0 saturated heterocycles. The van der Waals surface area contributed by atoms with Crippen LogP contribution in [0.3, 0.4) is 0 Å². The van der Waals surface area contributed by atoms with Gasteiger partial charge in [-0.2, -0.15) is 0 Å². The van der Waals surface area contributed by atoms with E-state index in [4.69, 9.17) is 9.47 Å². The lowest BCUT2D eigenvalue weighted by Gasteiger charge is -2.27. The van der Waals surface area contributed by atoms with E-state index in [0.29, 0.717) is 17.0 Å². The largest absolute Gasteiger partial charge is 0.503 e. The molecule has 1 atom stereocenters. The zero-order valence-electron chi connectivity index (χ0n) is 17.9. The number of benzene rings is 2. The summed E-state index contributed by atoms with van der Waals surface area (Å²) in [5.74, 6) is -1.55. The normalized spacial score (nSPS) is 16.1. The number of hydrogen-bond donors (Lipinski definition) is 1. The Morgan fingerprint density at radius 3 is 2.45 bits per heavy atom. The summed E-state index contributed by atoms with van der Waals surface area (Å²) in [5.41, 5.74) is 1.25. The third-order valence-corrected chi connectivity index (χ3v) is 5.06. The number of ketones is 1. The van der Waals surface area contributed by atoms with Crippen LogP contribution >= 0.6 is 0 Å². The fourth-order valence-electron chi connectivity index (χ4n) is 3.66. The molecule has 3 rings (SSSR count). The third-order valence-electron chi connectivity index (χ3n) is 5.06. The molecule has 1 unspecified atom stereocenters. The van der Waals surface area contributed by atoms with Crippen LogP contribution in [-0.4, -0.2) is 37.0 Å². The van der Waals surface area contributed by atoms with Crippen LogP contribution in [0.2, 0.25) is 0 Å². The first kappa shape index (κ1) is 22.1. The minimum atomic E-state index is -0.859. The van der Waals surface area contributed by atoms with Crippen molar-refractivity contribution in [2.45, 2.75) is 26.3 Å². The van der Waals surface area contributed by atoms with Crippen molar-refractivity contribution in [2.24, 2.45) is 5.92 Å². The second-order valence-corrected chi connectivity index (χ2v) is 7.68. The molecule has 0 spiro atoms. The molecule has 0 radical (unpaired) electrons. The lowest BCUT2D eigenvalue weighted by atomic mass is 9.92. The Morgan fingerprint density at radius 2 is 1.81 bits per heavy atom. The maximum Gasteiger partial charge on any atom is 0.337 e. The van der Waals surface area contributed by atoms with Gasteiger partial charge >= 0.3 is 5.97 Å². The molecule has 2 aromatic rings. The second-order valence-electron chi connectivity index (χ2n) is 7.68. The first-order valence-corrected chi connectivity index (χ1v) is 9.90. The van der Waals surface area contributed by atoms with E-state index in [1.54, 1.807) is 42.5 Å². The lowest BCUT2D eigenvalue weighted by Crippen LogP contribution is -2.31. The molecule has 1 aliphatic heterocycles. The van der Waals surface area contributed by atoms with E-state index >= 15 is 0 Å². The summed E-state index contributed by atoms with van der Waals surface area (Å²) in [5, 5.41) is 10.7. The molecule has 0 bridgehead atoms. The molecular formula is C24H25NO6. The van der Waals surface area contributed by atoms with Crippen LogP contribution in [0.1, 0.15) is 42.2 Å². The standard InChI is InChI=1S/C24H25NO6/c1-14(2)11-19(26)20-21(15-7-6-10-18(13-15)30-3)25(23(28)22(20)27)17-9-5-8-16(12-17)24(29)31-4/h5-10,12-14,21,27H,11H2,1-4H3. The average molecular weight is 423 g/mol. The van der Waals surface area contributed by atoms with Crippen LogP contribution in [0.15, 0.2) is 59.9 Å². The molecule has 7 heteroatoms. The van der Waals surface area contributed by atoms with Gasteiger partial charge in [-0.3, -0.25) is 14.5 Å². The molecular weight excluding hydrogens is 398 g/mol. The molecule has 7 nitrogen and oxygen atoms in total. The number of anilines is 1. The maximum atomic E-state index is 13.1. The van der Waals surface area contributed by atoms with Gasteiger partial charge in [0.2, 0.25) is 0 Å². The molecule has 2 aromatic carbocycles. The van der Waals surface area contributed by atoms with E-state index in [0.717, 1.165) is 0 Å². The van der Waals surface area contributed by atoms with Crippen molar-refractivity contribution in [3.63, 3.8) is 0 Å². The predicted molar refractivity (Wildman–Crippen MR) is 115 cm³/mol. The zero-order chi connectivity index (χ0) is 22.7. The van der Waals surface area contributed by atoms with Gasteiger partial charge < -0.3 is 14.6 Å². The van der Waals surface area contributed by atoms with Crippen molar-refractivity contribution in [3.05, 3.63) is 71.0 Å². The van der Waals surface area contributed by atoms with E-state index < -0.39 is 23.7 Å². The quantitative estimate of drug-likeness (QED) is 0.677. The van der Waals surface area contributed by atoms with Gasteiger partial charge in [-0.15, -0.1) is 0 Å². The molecule has 1 aliphatic rings. The zero-order valence-corrected chi connectivity index (χ0v) is 17.9. The first-order chi connectivity index (χ1) is 14.8. The molecule has 1 heterocycles. The average Bonchev–Trinajstić information content (AvgIpc) is 3.03. The van der Waals surface area contributed by atoms with Crippen LogP contribution in [0.5, 0.6) is 5.75 Å². The summed E-state index contributed by atoms with van der Waals surface area (Å²) in [7, 11) is 2.79. The van der Waals surface area contributed by atoms with Crippen molar-refractivity contribution in [2.75, 3.05) is 19.1 Å². The van der Waals surface area contributed by atoms with Gasteiger partial charge in [0.1, 0.15) is 5.75 Å². The number of methoxy groups -OCH3 is 2. The molecule has 0 aliphatic carbocycles. The molecule has 1 amide bonds. The topological polar surface area (TPSA) is 93.1 Å². The van der Waals surface area contributed by atoms with Crippen molar-refractivity contribution < 1.29 is 29.0 Å². The number of ether oxygens (including phenoxy) is 2. The van der Waals surface area contributed by atoms with Gasteiger partial charge in [-0.25, -0.2) is 4.79 Å². The number of amides is 1. The summed E-state index contributed by atoms with van der Waals surface area (Å²) in [6.45, 7) is 3.79. The SMILES string of the molecule is COC(=O)c1cccc(N2C(=O)C(O)=C(C(=O)CC(C)C)C2c2cccc(OC)c2)c1. The first-order valence-electron chi connectivity index (χ1n) is 9.90. The van der Waals surface area contributed by atoms with Crippen LogP contribution in [-0.2, 0) is 14.3 Å². The van der Waals surface area contributed by atoms with Gasteiger partial charge in [0.15, 0.2) is 11.5 Å². The highest BCUT2D eigenvalue weighted by Crippen LogP contribution is 2.42. The molecule has 0 fully saturated rings. The molecule has 1 N–H and O–H groups in total. The fourth-order valence-corrected chi connectivity index (χ4v) is 3.66. The van der Waals surface area contributed by atoms with E-state index in [1.165, 1.54) is 25.2 Å². The van der Waals surface area contributed by atoms with E-state index in [9.17, 15) is 19.5 Å². The number of aliphatic hydroxyl groups excluding tert-OH is 1. The van der Waals surface area contributed by atoms with Crippen LogP contribution in [0.4, 0.5) is 5.69 Å². The van der Waals surface area contributed by atoms with Crippen molar-refractivity contribution >= 4 is 23.3 Å². The second kappa shape index (κ2) is 9.04. The van der Waals surface area contributed by atoms with Gasteiger partial charge in [0.05, 0.1) is 31.4 Å². The Labute approximate surface area is 180 Å². The Balaban J connectivity index is 2.17. The molecule has 31 heavy (non-hydrogen) atoms. The highest BCUT2D eigenvalue weighted by Gasteiger charge is 2.44. The minimum Gasteiger partial charge on any atom is -0.503 e. The Bertz CT molecular complexity index is 1060. The number of carbonyl (C=O) groups excluding carboxylic acids is 3. The number of hydrogen-bond acceptors (Lipinski definition) is 6. The summed E-state index contributed by atoms with van der Waals surface area (Å²) < 4.78 is 10.1. The van der Waals surface area contributed by atoms with Crippen molar-refractivity contribution in [3.8, 4) is 5.75 Å². The van der Waals surface area contributed by atoms with E-state index in [2.05, 4.69) is 0 Å². The number of esters is 1. The maximum absolute atomic E-state index is 13.1. The highest BCUT2D eigenvalue weighted by atomic mass is 16.5. The summed E-state index contributed by atoms with van der Waals surface area (Å²) in [6, 6.07) is 12.4. The monoisotopic (exact) mass is 423 g/mol. The Morgan fingerprint density at radius 1 is 1.10 bits per heavy atom. The van der Waals surface area contributed by atoms with Crippen LogP contribution in [0.25, 0.3) is 0 Å². The fraction of sp³-hybridized carbons (Fsp3) is 0.292. The molecule has 162 valence electrons. The van der Waals surface area contributed by atoms with Crippen molar-refractivity contribution in [1.29, 1.82) is 0 Å². The van der Waals surface area contributed by atoms with Crippen LogP contribution < -0.4 is 9.64 Å². The summed E-state index contributed by atoms with van der Waals surface area (Å²) in [6.07, 6.45) is 0.184. The van der Waals surface area contributed by atoms with E-state index in [1.807, 2.05) is 13.8 Å². The van der Waals surface area contributed by atoms with Gasteiger partial charge in [0, 0.05) is 12.1 Å². The summed E-state index contributed by atoms with van der Waals surface area (Å²) >= 11 is 0. The Kier molecular flexibility index (Phi) is 6.44. The van der Waals surface area contributed by atoms with Gasteiger partial charge in [-0.1, -0.05) is 32.0 Å². The summed E-state index contributed by atoms with van der Waals surface area (Å²) in [4.78, 5) is 39.5.